The Kier molecular flexibility index (Phi) is 4.75. The molecule has 7 heteroatoms. The second-order valence-electron chi connectivity index (χ2n) is 6.82. The maximum Gasteiger partial charge on any atom is 0.252 e. The number of carbonyl (C=O) groups excluding carboxylic acids is 1. The molecule has 144 valence electrons. The lowest BCUT2D eigenvalue weighted by molar-refractivity contribution is -0.117. The molecule has 3 N–H and O–H groups in total. The van der Waals surface area contributed by atoms with Crippen molar-refractivity contribution in [3.8, 4) is 16.9 Å². The summed E-state index contributed by atoms with van der Waals surface area (Å²) in [6, 6.07) is 13.9. The normalized spacial score (nSPS) is 20.2. The quantitative estimate of drug-likeness (QED) is 0.764. The number of nitrogens with zero attached hydrogens (tertiary/aromatic N) is 2. The molecule has 0 saturated carbocycles. The fraction of sp³-hybridized carbons (Fsp3) is 0.238. The van der Waals surface area contributed by atoms with Crippen molar-refractivity contribution in [2.45, 2.75) is 19.1 Å². The number of aliphatic imine (C=N–C) groups is 1. The van der Waals surface area contributed by atoms with Crippen LogP contribution in [0.25, 0.3) is 11.1 Å². The van der Waals surface area contributed by atoms with E-state index in [2.05, 4.69) is 21.1 Å². The topological polar surface area (TPSA) is 78.0 Å². The van der Waals surface area contributed by atoms with Crippen LogP contribution in [0.5, 0.6) is 5.75 Å². The van der Waals surface area contributed by atoms with Crippen molar-refractivity contribution < 1.29 is 9.53 Å². The second-order valence-corrected chi connectivity index (χ2v) is 6.82. The van der Waals surface area contributed by atoms with Gasteiger partial charge in [-0.1, -0.05) is 30.3 Å². The predicted molar refractivity (Wildman–Crippen MR) is 111 cm³/mol. The molecule has 4 rings (SSSR count). The molecule has 0 spiro atoms. The molecule has 0 bridgehead atoms. The Morgan fingerprint density at radius 1 is 1.21 bits per heavy atom. The van der Waals surface area contributed by atoms with Gasteiger partial charge in [-0.2, -0.15) is 0 Å². The van der Waals surface area contributed by atoms with Crippen molar-refractivity contribution in [2.24, 2.45) is 4.99 Å². The fourth-order valence-electron chi connectivity index (χ4n) is 3.49. The molecule has 2 unspecified atom stereocenters. The van der Waals surface area contributed by atoms with Crippen LogP contribution in [-0.4, -0.2) is 43.5 Å². The van der Waals surface area contributed by atoms with Crippen LogP contribution >= 0.6 is 0 Å². The van der Waals surface area contributed by atoms with Crippen molar-refractivity contribution in [3.63, 3.8) is 0 Å². The van der Waals surface area contributed by atoms with Crippen LogP contribution < -0.4 is 20.8 Å². The van der Waals surface area contributed by atoms with Crippen LogP contribution in [-0.2, 0) is 4.79 Å². The number of rotatable bonds is 4. The van der Waals surface area contributed by atoms with Crippen LogP contribution in [0.3, 0.4) is 0 Å². The summed E-state index contributed by atoms with van der Waals surface area (Å²) < 4.78 is 5.51. The Labute approximate surface area is 164 Å². The molecule has 2 heterocycles. The first-order valence-electron chi connectivity index (χ1n) is 9.15. The zero-order chi connectivity index (χ0) is 19.7. The second kappa shape index (κ2) is 7.36. The highest BCUT2D eigenvalue weighted by molar-refractivity contribution is 6.00. The first-order valence-corrected chi connectivity index (χ1v) is 9.15. The molecular formula is C21H23N5O2. The van der Waals surface area contributed by atoms with E-state index in [1.165, 1.54) is 0 Å². The first kappa shape index (κ1) is 18.1. The maximum absolute atomic E-state index is 12.6. The van der Waals surface area contributed by atoms with Gasteiger partial charge in [0.1, 0.15) is 17.6 Å². The summed E-state index contributed by atoms with van der Waals surface area (Å²) in [4.78, 5) is 17.3. The van der Waals surface area contributed by atoms with Gasteiger partial charge < -0.3 is 20.4 Å². The number of ether oxygens (including phenoxy) is 1. The number of carbonyl (C=O) groups is 1. The highest BCUT2D eigenvalue weighted by atomic mass is 16.5. The third kappa shape index (κ3) is 3.32. The Morgan fingerprint density at radius 3 is 2.68 bits per heavy atom. The van der Waals surface area contributed by atoms with Crippen molar-refractivity contribution in [1.29, 1.82) is 0 Å². The highest BCUT2D eigenvalue weighted by Gasteiger charge is 2.27. The molecule has 0 radical (unpaired) electrons. The van der Waals surface area contributed by atoms with Gasteiger partial charge in [0.25, 0.3) is 5.91 Å². The number of nitrogens with one attached hydrogen (secondary N) is 3. The lowest BCUT2D eigenvalue weighted by Gasteiger charge is -2.26. The molecule has 7 nitrogen and oxygen atoms in total. The minimum absolute atomic E-state index is 0.0444. The molecule has 0 aliphatic carbocycles. The summed E-state index contributed by atoms with van der Waals surface area (Å²) in [5, 5.41) is 8.10. The van der Waals surface area contributed by atoms with Gasteiger partial charge in [-0.15, -0.1) is 0 Å². The van der Waals surface area contributed by atoms with E-state index in [1.807, 2.05) is 56.4 Å². The van der Waals surface area contributed by atoms with Crippen LogP contribution in [0.4, 0.5) is 11.4 Å². The van der Waals surface area contributed by atoms with Gasteiger partial charge >= 0.3 is 0 Å². The lowest BCUT2D eigenvalue weighted by Crippen LogP contribution is -2.45. The number of hydrazine groups is 1. The molecule has 28 heavy (non-hydrogen) atoms. The third-order valence-corrected chi connectivity index (χ3v) is 4.84. The van der Waals surface area contributed by atoms with Gasteiger partial charge in [-0.3, -0.25) is 9.79 Å². The standard InChI is InChI=1S/C21H23N5O2/c1-13-16(12-26(2)25-13)21(27)24-18-11-22-19-15(14-7-5-4-6-8-14)9-10-17(28-3)20(19)23-18/h4-13,18,23,25H,1-3H3,(H,24,27). The summed E-state index contributed by atoms with van der Waals surface area (Å²) in [6.45, 7) is 1.95. The van der Waals surface area contributed by atoms with E-state index >= 15 is 0 Å². The van der Waals surface area contributed by atoms with Gasteiger partial charge in [0.2, 0.25) is 0 Å². The number of hydrogen-bond donors (Lipinski definition) is 3. The maximum atomic E-state index is 12.6. The van der Waals surface area contributed by atoms with Crippen LogP contribution in [0.15, 0.2) is 59.2 Å². The van der Waals surface area contributed by atoms with Gasteiger partial charge in [0.05, 0.1) is 24.4 Å². The molecule has 2 atom stereocenters. The van der Waals surface area contributed by atoms with Crippen molar-refractivity contribution in [3.05, 3.63) is 54.2 Å². The largest absolute Gasteiger partial charge is 0.495 e. The van der Waals surface area contributed by atoms with E-state index in [0.29, 0.717) is 11.3 Å². The minimum Gasteiger partial charge on any atom is -0.495 e. The molecule has 0 aromatic heterocycles. The summed E-state index contributed by atoms with van der Waals surface area (Å²) in [7, 11) is 3.49. The molecule has 2 aliphatic rings. The van der Waals surface area contributed by atoms with E-state index in [9.17, 15) is 4.79 Å². The van der Waals surface area contributed by atoms with Crippen LogP contribution in [0.1, 0.15) is 6.92 Å². The number of hydrogen-bond acceptors (Lipinski definition) is 6. The van der Waals surface area contributed by atoms with E-state index in [4.69, 9.17) is 4.74 Å². The summed E-state index contributed by atoms with van der Waals surface area (Å²) >= 11 is 0. The van der Waals surface area contributed by atoms with Gasteiger partial charge in [-0.05, 0) is 24.6 Å². The highest BCUT2D eigenvalue weighted by Crippen LogP contribution is 2.44. The molecule has 0 saturated heterocycles. The molecule has 2 aromatic rings. The fourth-order valence-corrected chi connectivity index (χ4v) is 3.49. The van der Waals surface area contributed by atoms with Crippen LogP contribution in [0, 0.1) is 0 Å². The Bertz CT molecular complexity index is 955. The summed E-state index contributed by atoms with van der Waals surface area (Å²) in [6.07, 6.45) is 3.07. The molecule has 2 aliphatic heterocycles. The molecule has 1 amide bonds. The van der Waals surface area contributed by atoms with Gasteiger partial charge in [0, 0.05) is 25.0 Å². The van der Waals surface area contributed by atoms with E-state index in [0.717, 1.165) is 22.5 Å². The number of benzene rings is 2. The third-order valence-electron chi connectivity index (χ3n) is 4.84. The Morgan fingerprint density at radius 2 is 2.00 bits per heavy atom. The number of fused-ring (bicyclic) bond motifs is 1. The van der Waals surface area contributed by atoms with Crippen molar-refractivity contribution in [2.75, 3.05) is 19.5 Å². The zero-order valence-electron chi connectivity index (χ0n) is 16.1. The Balaban J connectivity index is 1.61. The average Bonchev–Trinajstić information content (AvgIpc) is 3.06. The smallest absolute Gasteiger partial charge is 0.252 e. The minimum atomic E-state index is -0.432. The lowest BCUT2D eigenvalue weighted by atomic mass is 10.0. The van der Waals surface area contributed by atoms with Crippen molar-refractivity contribution in [1.82, 2.24) is 15.8 Å². The average molecular weight is 377 g/mol. The summed E-state index contributed by atoms with van der Waals surface area (Å²) in [5.41, 5.74) is 7.46. The molecule has 0 fully saturated rings. The van der Waals surface area contributed by atoms with Gasteiger partial charge in [-0.25, -0.2) is 5.43 Å². The SMILES string of the molecule is COc1ccc(-c2ccccc2)c2c1NC(NC(=O)C1=CN(C)NC1C)C=N2. The zero-order valence-corrected chi connectivity index (χ0v) is 16.1. The van der Waals surface area contributed by atoms with E-state index < -0.39 is 6.17 Å². The number of methoxy groups -OCH3 is 1. The monoisotopic (exact) mass is 377 g/mol. The van der Waals surface area contributed by atoms with Crippen LogP contribution in [0.2, 0.25) is 0 Å². The Hall–Kier alpha value is -3.32. The predicted octanol–water partition coefficient (Wildman–Crippen LogP) is 2.65. The number of amides is 1. The molecular weight excluding hydrogens is 354 g/mol. The van der Waals surface area contributed by atoms with Gasteiger partial charge in [0.15, 0.2) is 0 Å². The van der Waals surface area contributed by atoms with E-state index in [-0.39, 0.29) is 11.9 Å². The number of anilines is 1. The van der Waals surface area contributed by atoms with E-state index in [1.54, 1.807) is 24.5 Å². The van der Waals surface area contributed by atoms with Crippen molar-refractivity contribution >= 4 is 23.5 Å². The summed E-state index contributed by atoms with van der Waals surface area (Å²) in [5.74, 6) is 0.538. The molecule has 2 aromatic carbocycles. The first-order chi connectivity index (χ1) is 13.6.